The molecule has 0 aliphatic carbocycles. The summed E-state index contributed by atoms with van der Waals surface area (Å²) < 4.78 is 16.1. The third kappa shape index (κ3) is 3.65. The first-order valence-electron chi connectivity index (χ1n) is 8.88. The van der Waals surface area contributed by atoms with Crippen molar-refractivity contribution in [1.82, 2.24) is 24.8 Å². The van der Waals surface area contributed by atoms with E-state index in [1.54, 1.807) is 49.5 Å². The largest absolute Gasteiger partial charge is 0.364 e. The number of carbonyl (C=O) groups is 2. The summed E-state index contributed by atoms with van der Waals surface area (Å²) in [6, 6.07) is 14.1. The number of nitrogens with zero attached hydrogens (tertiary/aromatic N) is 5. The van der Waals surface area contributed by atoms with Crippen LogP contribution in [0.1, 0.15) is 26.7 Å². The zero-order valence-corrected chi connectivity index (χ0v) is 15.8. The Morgan fingerprint density at radius 1 is 1.00 bits per heavy atom. The summed E-state index contributed by atoms with van der Waals surface area (Å²) in [4.78, 5) is 23.8. The van der Waals surface area contributed by atoms with Crippen molar-refractivity contribution in [3.8, 4) is 11.4 Å². The Labute approximate surface area is 169 Å². The summed E-state index contributed by atoms with van der Waals surface area (Å²) >= 11 is 0. The van der Waals surface area contributed by atoms with E-state index in [0.29, 0.717) is 22.8 Å². The van der Waals surface area contributed by atoms with E-state index in [-0.39, 0.29) is 17.2 Å². The second-order valence-corrected chi connectivity index (χ2v) is 6.42. The fourth-order valence-corrected chi connectivity index (χ4v) is 2.85. The predicted octanol–water partition coefficient (Wildman–Crippen LogP) is 2.25. The highest BCUT2D eigenvalue weighted by molar-refractivity contribution is 6.03. The van der Waals surface area contributed by atoms with Gasteiger partial charge in [-0.15, -0.1) is 5.10 Å². The number of hydrogen-bond donors (Lipinski definition) is 2. The van der Waals surface area contributed by atoms with Gasteiger partial charge in [0.2, 0.25) is 0 Å². The van der Waals surface area contributed by atoms with E-state index >= 15 is 0 Å². The maximum atomic E-state index is 13.1. The van der Waals surface area contributed by atoms with Gasteiger partial charge in [-0.3, -0.25) is 9.59 Å². The molecule has 0 spiro atoms. The molecule has 2 heterocycles. The van der Waals surface area contributed by atoms with Crippen molar-refractivity contribution in [3.63, 3.8) is 0 Å². The van der Waals surface area contributed by atoms with Crippen LogP contribution in [-0.4, -0.2) is 36.6 Å². The van der Waals surface area contributed by atoms with Crippen LogP contribution in [0.15, 0.2) is 60.8 Å². The zero-order valence-electron chi connectivity index (χ0n) is 15.8. The molecule has 4 rings (SSSR count). The molecule has 0 saturated carbocycles. The number of amides is 2. The number of aromatic nitrogens is 5. The Bertz CT molecular complexity index is 1230. The molecule has 0 aliphatic rings. The lowest BCUT2D eigenvalue weighted by molar-refractivity contribution is 0.0992. The lowest BCUT2D eigenvalue weighted by atomic mass is 10.2. The summed E-state index contributed by atoms with van der Waals surface area (Å²) in [6.07, 6.45) is 1.62. The summed E-state index contributed by atoms with van der Waals surface area (Å²) in [7, 11) is 0. The van der Waals surface area contributed by atoms with Crippen LogP contribution >= 0.6 is 0 Å². The highest BCUT2D eigenvalue weighted by Crippen LogP contribution is 2.17. The van der Waals surface area contributed by atoms with Crippen molar-refractivity contribution in [3.05, 3.63) is 83.7 Å². The molecule has 0 fully saturated rings. The monoisotopic (exact) mass is 405 g/mol. The maximum absolute atomic E-state index is 13.1. The van der Waals surface area contributed by atoms with Gasteiger partial charge in [-0.1, -0.05) is 5.21 Å². The minimum Gasteiger partial charge on any atom is -0.364 e. The van der Waals surface area contributed by atoms with Crippen molar-refractivity contribution < 1.29 is 14.0 Å². The van der Waals surface area contributed by atoms with Crippen LogP contribution in [0.4, 0.5) is 10.1 Å². The second-order valence-electron chi connectivity index (χ2n) is 6.42. The van der Waals surface area contributed by atoms with Crippen LogP contribution in [0.25, 0.3) is 11.4 Å². The molecular formula is C20H16FN7O2. The first kappa shape index (κ1) is 19.0. The van der Waals surface area contributed by atoms with Crippen molar-refractivity contribution in [1.29, 1.82) is 0 Å². The van der Waals surface area contributed by atoms with Crippen LogP contribution in [0, 0.1) is 12.7 Å². The molecule has 150 valence electrons. The summed E-state index contributed by atoms with van der Waals surface area (Å²) in [6.45, 7) is 1.70. The molecule has 2 aromatic carbocycles. The zero-order chi connectivity index (χ0) is 21.3. The SMILES string of the molecule is Cc1c(C(=O)Nc2ccc(-n3ccc(C(N)=O)n3)cc2)nnn1-c1ccc(F)cc1. The normalized spacial score (nSPS) is 10.7. The van der Waals surface area contributed by atoms with Crippen molar-refractivity contribution in [2.24, 2.45) is 5.73 Å². The molecule has 0 atom stereocenters. The molecule has 0 saturated heterocycles. The molecule has 0 aliphatic heterocycles. The number of nitrogens with one attached hydrogen (secondary N) is 1. The van der Waals surface area contributed by atoms with Gasteiger partial charge in [-0.05, 0) is 61.5 Å². The predicted molar refractivity (Wildman–Crippen MR) is 106 cm³/mol. The standard InChI is InChI=1S/C20H16FN7O2/c1-12-18(24-26-28(12)16-6-2-13(21)3-7-16)20(30)23-14-4-8-15(9-5-14)27-11-10-17(25-27)19(22)29/h2-11H,1H3,(H2,22,29)(H,23,30). The van der Waals surface area contributed by atoms with Gasteiger partial charge in [-0.25, -0.2) is 13.8 Å². The fourth-order valence-electron chi connectivity index (χ4n) is 2.85. The fraction of sp³-hybridized carbons (Fsp3) is 0.0500. The van der Waals surface area contributed by atoms with E-state index in [2.05, 4.69) is 20.7 Å². The van der Waals surface area contributed by atoms with Gasteiger partial charge in [-0.2, -0.15) is 5.10 Å². The number of carbonyl (C=O) groups excluding carboxylic acids is 2. The van der Waals surface area contributed by atoms with Gasteiger partial charge in [0.05, 0.1) is 17.1 Å². The van der Waals surface area contributed by atoms with Crippen LogP contribution < -0.4 is 11.1 Å². The van der Waals surface area contributed by atoms with E-state index in [9.17, 15) is 14.0 Å². The number of anilines is 1. The number of rotatable bonds is 5. The van der Waals surface area contributed by atoms with Gasteiger partial charge in [0.1, 0.15) is 11.5 Å². The average molecular weight is 405 g/mol. The second kappa shape index (κ2) is 7.59. The van der Waals surface area contributed by atoms with E-state index in [0.717, 1.165) is 0 Å². The molecule has 9 nitrogen and oxygen atoms in total. The van der Waals surface area contributed by atoms with Crippen molar-refractivity contribution in [2.45, 2.75) is 6.92 Å². The van der Waals surface area contributed by atoms with Gasteiger partial charge in [0, 0.05) is 11.9 Å². The molecule has 2 aromatic heterocycles. The third-order valence-electron chi connectivity index (χ3n) is 4.41. The highest BCUT2D eigenvalue weighted by atomic mass is 19.1. The molecule has 30 heavy (non-hydrogen) atoms. The summed E-state index contributed by atoms with van der Waals surface area (Å²) in [5, 5.41) is 14.8. The lowest BCUT2D eigenvalue weighted by Gasteiger charge is -2.07. The first-order chi connectivity index (χ1) is 14.4. The number of benzene rings is 2. The highest BCUT2D eigenvalue weighted by Gasteiger charge is 2.17. The Balaban J connectivity index is 1.50. The van der Waals surface area contributed by atoms with Crippen LogP contribution in [0.5, 0.6) is 0 Å². The topological polar surface area (TPSA) is 121 Å². The van der Waals surface area contributed by atoms with E-state index < -0.39 is 11.8 Å². The number of hydrogen-bond acceptors (Lipinski definition) is 5. The first-order valence-corrected chi connectivity index (χ1v) is 8.88. The van der Waals surface area contributed by atoms with Crippen LogP contribution in [0.3, 0.4) is 0 Å². The molecule has 4 aromatic rings. The van der Waals surface area contributed by atoms with Crippen molar-refractivity contribution in [2.75, 3.05) is 5.32 Å². The van der Waals surface area contributed by atoms with E-state index in [1.807, 2.05) is 0 Å². The molecular weight excluding hydrogens is 389 g/mol. The smallest absolute Gasteiger partial charge is 0.278 e. The summed E-state index contributed by atoms with van der Waals surface area (Å²) in [5.41, 5.74) is 7.87. The number of primary amides is 1. The van der Waals surface area contributed by atoms with Crippen molar-refractivity contribution >= 4 is 17.5 Å². The van der Waals surface area contributed by atoms with Gasteiger partial charge in [0.25, 0.3) is 11.8 Å². The Morgan fingerprint density at radius 2 is 1.67 bits per heavy atom. The molecule has 2 amide bonds. The molecule has 0 radical (unpaired) electrons. The quantitative estimate of drug-likeness (QED) is 0.528. The molecule has 10 heteroatoms. The molecule has 3 N–H and O–H groups in total. The molecule has 0 bridgehead atoms. The van der Waals surface area contributed by atoms with Crippen LogP contribution in [-0.2, 0) is 0 Å². The Hall–Kier alpha value is -4.34. The summed E-state index contributed by atoms with van der Waals surface area (Å²) in [5.74, 6) is -1.40. The third-order valence-corrected chi connectivity index (χ3v) is 4.41. The number of halogens is 1. The minimum atomic E-state index is -0.610. The lowest BCUT2D eigenvalue weighted by Crippen LogP contribution is -2.14. The van der Waals surface area contributed by atoms with E-state index in [4.69, 9.17) is 5.73 Å². The number of nitrogens with two attached hydrogens (primary N) is 1. The van der Waals surface area contributed by atoms with Gasteiger partial charge >= 0.3 is 0 Å². The van der Waals surface area contributed by atoms with E-state index in [1.165, 1.54) is 27.6 Å². The van der Waals surface area contributed by atoms with Crippen LogP contribution in [0.2, 0.25) is 0 Å². The Kier molecular flexibility index (Phi) is 4.80. The maximum Gasteiger partial charge on any atom is 0.278 e. The average Bonchev–Trinajstić information content (AvgIpc) is 3.37. The van der Waals surface area contributed by atoms with Gasteiger partial charge < -0.3 is 11.1 Å². The minimum absolute atomic E-state index is 0.154. The molecule has 0 unspecified atom stereocenters. The van der Waals surface area contributed by atoms with Gasteiger partial charge in [0.15, 0.2) is 5.69 Å². The Morgan fingerprint density at radius 3 is 2.30 bits per heavy atom.